The van der Waals surface area contributed by atoms with Gasteiger partial charge in [-0.25, -0.2) is 4.98 Å². The van der Waals surface area contributed by atoms with Crippen molar-refractivity contribution in [2.75, 3.05) is 0 Å². The van der Waals surface area contributed by atoms with Gasteiger partial charge in [0.05, 0.1) is 11.1 Å². The van der Waals surface area contributed by atoms with Gasteiger partial charge in [-0.05, 0) is 30.5 Å². The smallest absolute Gasteiger partial charge is 0.263 e. The van der Waals surface area contributed by atoms with Crippen molar-refractivity contribution < 1.29 is 4.52 Å². The summed E-state index contributed by atoms with van der Waals surface area (Å²) < 4.78 is 6.74. The minimum Gasteiger partial charge on any atom is -0.339 e. The summed E-state index contributed by atoms with van der Waals surface area (Å²) in [5.74, 6) is 1.73. The first-order valence-corrected chi connectivity index (χ1v) is 10.8. The van der Waals surface area contributed by atoms with E-state index >= 15 is 0 Å². The zero-order valence-corrected chi connectivity index (χ0v) is 17.8. The van der Waals surface area contributed by atoms with Crippen LogP contribution in [0.15, 0.2) is 38.1 Å². The van der Waals surface area contributed by atoms with Gasteiger partial charge in [-0.3, -0.25) is 9.36 Å². The molecule has 0 atom stereocenters. The average molecular weight is 413 g/mol. The molecule has 0 spiro atoms. The normalized spacial score (nSPS) is 11.4. The van der Waals surface area contributed by atoms with E-state index in [4.69, 9.17) is 9.51 Å². The van der Waals surface area contributed by atoms with Crippen LogP contribution < -0.4 is 5.56 Å². The molecule has 0 aliphatic rings. The molecule has 0 bridgehead atoms. The van der Waals surface area contributed by atoms with Gasteiger partial charge in [-0.1, -0.05) is 42.0 Å². The number of benzene rings is 1. The molecule has 0 fully saturated rings. The van der Waals surface area contributed by atoms with Gasteiger partial charge >= 0.3 is 0 Å². The van der Waals surface area contributed by atoms with E-state index in [1.165, 1.54) is 34.2 Å². The molecule has 0 saturated carbocycles. The van der Waals surface area contributed by atoms with Gasteiger partial charge in [-0.2, -0.15) is 4.98 Å². The molecule has 1 aromatic carbocycles. The number of rotatable bonds is 5. The molecule has 8 heteroatoms. The fourth-order valence-electron chi connectivity index (χ4n) is 2.93. The highest BCUT2D eigenvalue weighted by Crippen LogP contribution is 2.33. The molecule has 0 N–H and O–H groups in total. The Morgan fingerprint density at radius 1 is 1.21 bits per heavy atom. The number of aryl methyl sites for hydroxylation is 3. The summed E-state index contributed by atoms with van der Waals surface area (Å²) in [4.78, 5) is 22.9. The van der Waals surface area contributed by atoms with Crippen LogP contribution >= 0.6 is 23.1 Å². The summed E-state index contributed by atoms with van der Waals surface area (Å²) in [6.45, 7) is 6.13. The van der Waals surface area contributed by atoms with Gasteiger partial charge < -0.3 is 4.52 Å². The van der Waals surface area contributed by atoms with Crippen LogP contribution in [0.1, 0.15) is 29.8 Å². The van der Waals surface area contributed by atoms with Crippen molar-refractivity contribution in [1.82, 2.24) is 19.7 Å². The third-order valence-corrected chi connectivity index (χ3v) is 6.63. The molecule has 144 valence electrons. The molecule has 4 aromatic rings. The van der Waals surface area contributed by atoms with Crippen molar-refractivity contribution in [3.63, 3.8) is 0 Å². The van der Waals surface area contributed by atoms with Gasteiger partial charge in [0.1, 0.15) is 4.83 Å². The summed E-state index contributed by atoms with van der Waals surface area (Å²) >= 11 is 2.93. The Kier molecular flexibility index (Phi) is 5.07. The summed E-state index contributed by atoms with van der Waals surface area (Å²) in [6, 6.07) is 6.28. The standard InChI is InChI=1S/C20H20N4O2S2/c1-5-16-21-15(23-26-16)10-28-20-22-18-17(19(25)24(20)4)14(9-27-18)13-7-6-11(2)12(3)8-13/h6-9H,5,10H2,1-4H3. The Hall–Kier alpha value is -2.45. The largest absolute Gasteiger partial charge is 0.339 e. The maximum atomic E-state index is 13.1. The molecule has 3 heterocycles. The summed E-state index contributed by atoms with van der Waals surface area (Å²) in [5, 5.41) is 7.30. The van der Waals surface area contributed by atoms with Gasteiger partial charge in [0, 0.05) is 24.4 Å². The van der Waals surface area contributed by atoms with Crippen molar-refractivity contribution in [3.8, 4) is 11.1 Å². The highest BCUT2D eigenvalue weighted by molar-refractivity contribution is 7.98. The predicted molar refractivity (Wildman–Crippen MR) is 113 cm³/mol. The van der Waals surface area contributed by atoms with E-state index in [0.717, 1.165) is 16.0 Å². The lowest BCUT2D eigenvalue weighted by atomic mass is 10.0. The highest BCUT2D eigenvalue weighted by Gasteiger charge is 2.17. The van der Waals surface area contributed by atoms with E-state index < -0.39 is 0 Å². The van der Waals surface area contributed by atoms with Crippen molar-refractivity contribution in [1.29, 1.82) is 0 Å². The third kappa shape index (κ3) is 3.38. The molecule has 0 aliphatic heterocycles. The van der Waals surface area contributed by atoms with E-state index in [0.29, 0.717) is 34.4 Å². The summed E-state index contributed by atoms with van der Waals surface area (Å²) in [5.41, 5.74) is 4.40. The number of hydrogen-bond donors (Lipinski definition) is 0. The minimum atomic E-state index is -0.0377. The Balaban J connectivity index is 1.71. The van der Waals surface area contributed by atoms with E-state index in [2.05, 4.69) is 42.2 Å². The number of thioether (sulfide) groups is 1. The number of hydrogen-bond acceptors (Lipinski definition) is 7. The second-order valence-electron chi connectivity index (χ2n) is 6.63. The number of nitrogens with zero attached hydrogens (tertiary/aromatic N) is 4. The van der Waals surface area contributed by atoms with Gasteiger partial charge in [0.2, 0.25) is 5.89 Å². The van der Waals surface area contributed by atoms with Crippen molar-refractivity contribution >= 4 is 33.3 Å². The van der Waals surface area contributed by atoms with Crippen LogP contribution in [0.2, 0.25) is 0 Å². The van der Waals surface area contributed by atoms with Crippen molar-refractivity contribution in [2.24, 2.45) is 7.05 Å². The van der Waals surface area contributed by atoms with Crippen molar-refractivity contribution in [2.45, 2.75) is 38.1 Å². The SMILES string of the molecule is CCc1nc(CSc2nc3scc(-c4ccc(C)c(C)c4)c3c(=O)n2C)no1. The molecule has 0 amide bonds. The molecule has 3 aromatic heterocycles. The predicted octanol–water partition coefficient (Wildman–Crippen LogP) is 4.52. The average Bonchev–Trinajstić information content (AvgIpc) is 3.32. The fraction of sp³-hybridized carbons (Fsp3) is 0.300. The maximum Gasteiger partial charge on any atom is 0.263 e. The first kappa shape index (κ1) is 18.9. The zero-order valence-electron chi connectivity index (χ0n) is 16.1. The highest BCUT2D eigenvalue weighted by atomic mass is 32.2. The minimum absolute atomic E-state index is 0.0377. The van der Waals surface area contributed by atoms with Gasteiger partial charge in [0.25, 0.3) is 5.56 Å². The van der Waals surface area contributed by atoms with Gasteiger partial charge in [0.15, 0.2) is 11.0 Å². The van der Waals surface area contributed by atoms with Gasteiger partial charge in [-0.15, -0.1) is 11.3 Å². The summed E-state index contributed by atoms with van der Waals surface area (Å²) in [6.07, 6.45) is 0.705. The van der Waals surface area contributed by atoms with E-state index in [1.807, 2.05) is 12.3 Å². The molecule has 0 aliphatic carbocycles. The lowest BCUT2D eigenvalue weighted by Crippen LogP contribution is -2.19. The second kappa shape index (κ2) is 7.52. The summed E-state index contributed by atoms with van der Waals surface area (Å²) in [7, 11) is 1.76. The number of thiophene rings is 1. The fourth-order valence-corrected chi connectivity index (χ4v) is 4.73. The maximum absolute atomic E-state index is 13.1. The second-order valence-corrected chi connectivity index (χ2v) is 8.43. The Morgan fingerprint density at radius 2 is 2.04 bits per heavy atom. The Labute approximate surface area is 170 Å². The molecule has 0 radical (unpaired) electrons. The van der Waals surface area contributed by atoms with Crippen LogP contribution in [0.3, 0.4) is 0 Å². The van der Waals surface area contributed by atoms with E-state index in [1.54, 1.807) is 11.6 Å². The molecule has 28 heavy (non-hydrogen) atoms. The monoisotopic (exact) mass is 412 g/mol. The molecule has 4 rings (SSSR count). The van der Waals surface area contributed by atoms with E-state index in [-0.39, 0.29) is 5.56 Å². The van der Waals surface area contributed by atoms with Crippen LogP contribution in [-0.4, -0.2) is 19.7 Å². The van der Waals surface area contributed by atoms with Crippen LogP contribution in [0.5, 0.6) is 0 Å². The molecule has 6 nitrogen and oxygen atoms in total. The molecular weight excluding hydrogens is 392 g/mol. The Bertz CT molecular complexity index is 1220. The van der Waals surface area contributed by atoms with Crippen molar-refractivity contribution in [3.05, 3.63) is 56.8 Å². The number of aromatic nitrogens is 4. The topological polar surface area (TPSA) is 73.8 Å². The van der Waals surface area contributed by atoms with E-state index in [9.17, 15) is 4.79 Å². The van der Waals surface area contributed by atoms with Crippen LogP contribution in [0, 0.1) is 13.8 Å². The van der Waals surface area contributed by atoms with Crippen LogP contribution in [0.4, 0.5) is 0 Å². The lowest BCUT2D eigenvalue weighted by Gasteiger charge is -2.08. The first-order valence-electron chi connectivity index (χ1n) is 8.98. The molecule has 0 saturated heterocycles. The zero-order chi connectivity index (χ0) is 19.8. The van der Waals surface area contributed by atoms with Crippen LogP contribution in [0.25, 0.3) is 21.3 Å². The quantitative estimate of drug-likeness (QED) is 0.354. The molecular formula is C20H20N4O2S2. The Morgan fingerprint density at radius 3 is 2.75 bits per heavy atom. The lowest BCUT2D eigenvalue weighted by molar-refractivity contribution is 0.378. The van der Waals surface area contributed by atoms with Crippen LogP contribution in [-0.2, 0) is 19.2 Å². The first-order chi connectivity index (χ1) is 13.5. The number of fused-ring (bicyclic) bond motifs is 1. The molecule has 0 unspecified atom stereocenters. The third-order valence-electron chi connectivity index (χ3n) is 4.74.